The standard InChI is InChI=1S/C13H22N2O/c1-10-5-6-12(8-14)13(7-10)15(3)11(2)9-16-4/h5-7,11H,8-9,14H2,1-4H3. The van der Waals surface area contributed by atoms with E-state index in [-0.39, 0.29) is 0 Å². The van der Waals surface area contributed by atoms with Crippen molar-refractivity contribution in [2.45, 2.75) is 26.4 Å². The average Bonchev–Trinajstić information content (AvgIpc) is 2.28. The lowest BCUT2D eigenvalue weighted by molar-refractivity contribution is 0.183. The highest BCUT2D eigenvalue weighted by atomic mass is 16.5. The van der Waals surface area contributed by atoms with Crippen LogP contribution in [0.2, 0.25) is 0 Å². The summed E-state index contributed by atoms with van der Waals surface area (Å²) in [5.74, 6) is 0. The summed E-state index contributed by atoms with van der Waals surface area (Å²) in [4.78, 5) is 2.22. The highest BCUT2D eigenvalue weighted by molar-refractivity contribution is 5.55. The SMILES string of the molecule is COCC(C)N(C)c1cc(C)ccc1CN. The van der Waals surface area contributed by atoms with Crippen LogP contribution in [0.4, 0.5) is 5.69 Å². The van der Waals surface area contributed by atoms with E-state index in [0.29, 0.717) is 19.2 Å². The summed E-state index contributed by atoms with van der Waals surface area (Å²) in [6.45, 7) is 5.53. The third-order valence-corrected chi connectivity index (χ3v) is 2.91. The van der Waals surface area contributed by atoms with Crippen molar-refractivity contribution in [3.63, 3.8) is 0 Å². The molecular weight excluding hydrogens is 200 g/mol. The Kier molecular flexibility index (Phi) is 4.77. The fraction of sp³-hybridized carbons (Fsp3) is 0.538. The second-order valence-electron chi connectivity index (χ2n) is 4.25. The van der Waals surface area contributed by atoms with Gasteiger partial charge in [-0.15, -0.1) is 0 Å². The molecule has 0 saturated carbocycles. The van der Waals surface area contributed by atoms with E-state index in [1.807, 2.05) is 0 Å². The number of ether oxygens (including phenoxy) is 1. The Morgan fingerprint density at radius 2 is 2.12 bits per heavy atom. The van der Waals surface area contributed by atoms with Crippen molar-refractivity contribution in [2.75, 3.05) is 25.7 Å². The Labute approximate surface area is 98.2 Å². The van der Waals surface area contributed by atoms with Crippen LogP contribution in [-0.4, -0.2) is 26.8 Å². The van der Waals surface area contributed by atoms with Crippen molar-refractivity contribution in [2.24, 2.45) is 5.73 Å². The maximum absolute atomic E-state index is 5.75. The number of likely N-dealkylation sites (N-methyl/N-ethyl adjacent to an activating group) is 1. The molecule has 1 atom stereocenters. The van der Waals surface area contributed by atoms with Crippen LogP contribution in [0.15, 0.2) is 18.2 Å². The molecule has 0 heterocycles. The lowest BCUT2D eigenvalue weighted by Gasteiger charge is -2.28. The van der Waals surface area contributed by atoms with Gasteiger partial charge >= 0.3 is 0 Å². The maximum Gasteiger partial charge on any atom is 0.0663 e. The van der Waals surface area contributed by atoms with Crippen LogP contribution in [0.3, 0.4) is 0 Å². The molecule has 0 aliphatic rings. The van der Waals surface area contributed by atoms with Crippen LogP contribution in [0.5, 0.6) is 0 Å². The number of hydrogen-bond donors (Lipinski definition) is 1. The van der Waals surface area contributed by atoms with Crippen LogP contribution < -0.4 is 10.6 Å². The van der Waals surface area contributed by atoms with Gasteiger partial charge in [0.2, 0.25) is 0 Å². The van der Waals surface area contributed by atoms with Gasteiger partial charge in [0, 0.05) is 32.4 Å². The predicted molar refractivity (Wildman–Crippen MR) is 68.8 cm³/mol. The van der Waals surface area contributed by atoms with Gasteiger partial charge in [0.05, 0.1) is 6.61 Å². The number of hydrogen-bond acceptors (Lipinski definition) is 3. The van der Waals surface area contributed by atoms with Gasteiger partial charge in [-0.2, -0.15) is 0 Å². The van der Waals surface area contributed by atoms with Crippen molar-refractivity contribution < 1.29 is 4.74 Å². The monoisotopic (exact) mass is 222 g/mol. The van der Waals surface area contributed by atoms with Gasteiger partial charge in [0.15, 0.2) is 0 Å². The number of anilines is 1. The zero-order valence-electron chi connectivity index (χ0n) is 10.7. The van der Waals surface area contributed by atoms with Crippen LogP contribution in [0, 0.1) is 6.92 Å². The predicted octanol–water partition coefficient (Wildman–Crippen LogP) is 1.92. The van der Waals surface area contributed by atoms with Crippen LogP contribution in [0.1, 0.15) is 18.1 Å². The van der Waals surface area contributed by atoms with E-state index in [0.717, 1.165) is 0 Å². The van der Waals surface area contributed by atoms with Crippen molar-refractivity contribution >= 4 is 5.69 Å². The van der Waals surface area contributed by atoms with E-state index in [1.54, 1.807) is 7.11 Å². The highest BCUT2D eigenvalue weighted by Gasteiger charge is 2.12. The van der Waals surface area contributed by atoms with Gasteiger partial charge in [-0.1, -0.05) is 12.1 Å². The summed E-state index contributed by atoms with van der Waals surface area (Å²) >= 11 is 0. The summed E-state index contributed by atoms with van der Waals surface area (Å²) in [7, 11) is 3.81. The van der Waals surface area contributed by atoms with Gasteiger partial charge in [0.1, 0.15) is 0 Å². The fourth-order valence-corrected chi connectivity index (χ4v) is 1.77. The molecule has 0 bridgehead atoms. The molecule has 3 heteroatoms. The molecule has 0 fully saturated rings. The van der Waals surface area contributed by atoms with Gasteiger partial charge in [-0.05, 0) is 31.0 Å². The lowest BCUT2D eigenvalue weighted by Crippen LogP contribution is -2.33. The molecule has 0 spiro atoms. The van der Waals surface area contributed by atoms with E-state index in [4.69, 9.17) is 10.5 Å². The second kappa shape index (κ2) is 5.87. The molecule has 0 amide bonds. The van der Waals surface area contributed by atoms with Crippen LogP contribution in [0.25, 0.3) is 0 Å². The third-order valence-electron chi connectivity index (χ3n) is 2.91. The number of rotatable bonds is 5. The van der Waals surface area contributed by atoms with E-state index in [2.05, 4.69) is 44.0 Å². The van der Waals surface area contributed by atoms with Crippen LogP contribution >= 0.6 is 0 Å². The molecule has 1 unspecified atom stereocenters. The summed E-state index contributed by atoms with van der Waals surface area (Å²) in [5.41, 5.74) is 9.39. The van der Waals surface area contributed by atoms with E-state index >= 15 is 0 Å². The van der Waals surface area contributed by atoms with Gasteiger partial charge in [-0.25, -0.2) is 0 Å². The Balaban J connectivity index is 2.96. The third kappa shape index (κ3) is 2.97. The fourth-order valence-electron chi connectivity index (χ4n) is 1.77. The smallest absolute Gasteiger partial charge is 0.0663 e. The first kappa shape index (κ1) is 13.0. The molecule has 3 nitrogen and oxygen atoms in total. The molecule has 0 saturated heterocycles. The Morgan fingerprint density at radius 3 is 2.69 bits per heavy atom. The topological polar surface area (TPSA) is 38.5 Å². The first-order chi connectivity index (χ1) is 7.60. The minimum atomic E-state index is 0.345. The molecule has 1 aromatic carbocycles. The molecule has 1 rings (SSSR count). The molecule has 16 heavy (non-hydrogen) atoms. The van der Waals surface area contributed by atoms with E-state index < -0.39 is 0 Å². The molecule has 0 aliphatic heterocycles. The van der Waals surface area contributed by atoms with Crippen molar-refractivity contribution in [1.82, 2.24) is 0 Å². The van der Waals surface area contributed by atoms with Crippen molar-refractivity contribution in [3.8, 4) is 0 Å². The molecule has 0 aliphatic carbocycles. The van der Waals surface area contributed by atoms with Gasteiger partial charge in [-0.3, -0.25) is 0 Å². The molecule has 2 N–H and O–H groups in total. The summed E-state index contributed by atoms with van der Waals surface area (Å²) in [6, 6.07) is 6.72. The zero-order valence-corrected chi connectivity index (χ0v) is 10.7. The second-order valence-corrected chi connectivity index (χ2v) is 4.25. The van der Waals surface area contributed by atoms with Crippen molar-refractivity contribution in [3.05, 3.63) is 29.3 Å². The Hall–Kier alpha value is -1.06. The molecule has 0 radical (unpaired) electrons. The Morgan fingerprint density at radius 1 is 1.44 bits per heavy atom. The number of methoxy groups -OCH3 is 1. The summed E-state index contributed by atoms with van der Waals surface area (Å²) < 4.78 is 5.18. The Bertz CT molecular complexity index is 339. The number of nitrogens with two attached hydrogens (primary N) is 1. The highest BCUT2D eigenvalue weighted by Crippen LogP contribution is 2.22. The number of aryl methyl sites for hydroxylation is 1. The zero-order chi connectivity index (χ0) is 12.1. The first-order valence-electron chi connectivity index (χ1n) is 5.61. The van der Waals surface area contributed by atoms with E-state index in [1.165, 1.54) is 16.8 Å². The van der Waals surface area contributed by atoms with Gasteiger partial charge in [0.25, 0.3) is 0 Å². The molecule has 0 aromatic heterocycles. The number of benzene rings is 1. The van der Waals surface area contributed by atoms with Gasteiger partial charge < -0.3 is 15.4 Å². The first-order valence-corrected chi connectivity index (χ1v) is 5.61. The van der Waals surface area contributed by atoms with E-state index in [9.17, 15) is 0 Å². The quantitative estimate of drug-likeness (QED) is 0.827. The largest absolute Gasteiger partial charge is 0.383 e. The minimum Gasteiger partial charge on any atom is -0.383 e. The summed E-state index contributed by atoms with van der Waals surface area (Å²) in [5, 5.41) is 0. The average molecular weight is 222 g/mol. The molecule has 1 aromatic rings. The maximum atomic E-state index is 5.75. The number of nitrogens with zero attached hydrogens (tertiary/aromatic N) is 1. The van der Waals surface area contributed by atoms with Crippen LogP contribution in [-0.2, 0) is 11.3 Å². The van der Waals surface area contributed by atoms with Crippen molar-refractivity contribution in [1.29, 1.82) is 0 Å². The molecule has 90 valence electrons. The molecular formula is C13H22N2O. The lowest BCUT2D eigenvalue weighted by atomic mass is 10.1. The summed E-state index contributed by atoms with van der Waals surface area (Å²) in [6.07, 6.45) is 0. The normalized spacial score (nSPS) is 12.6. The minimum absolute atomic E-state index is 0.345.